The quantitative estimate of drug-likeness (QED) is 0.448. The Kier molecular flexibility index (Phi) is 8.51. The van der Waals surface area contributed by atoms with Gasteiger partial charge in [0.1, 0.15) is 0 Å². The van der Waals surface area contributed by atoms with Gasteiger partial charge >= 0.3 is 0 Å². The van der Waals surface area contributed by atoms with Gasteiger partial charge in [0.05, 0.1) is 0 Å². The largest absolute Gasteiger partial charge is 0.236 e. The molecule has 0 spiro atoms. The van der Waals surface area contributed by atoms with Crippen molar-refractivity contribution < 1.29 is 0 Å². The summed E-state index contributed by atoms with van der Waals surface area (Å²) in [6.07, 6.45) is 16.7. The van der Waals surface area contributed by atoms with Crippen molar-refractivity contribution in [2.45, 2.75) is 78.1 Å². The number of benzene rings is 1. The molecule has 2 aromatic rings. The molecule has 0 radical (unpaired) electrons. The summed E-state index contributed by atoms with van der Waals surface area (Å²) in [5.74, 6) is 0.838. The molecule has 0 saturated heterocycles. The van der Waals surface area contributed by atoms with Crippen molar-refractivity contribution in [3.8, 4) is 11.4 Å². The first-order chi connectivity index (χ1) is 11.8. The van der Waals surface area contributed by atoms with Crippen LogP contribution in [0.2, 0.25) is 0 Å². The van der Waals surface area contributed by atoms with Crippen LogP contribution in [0.25, 0.3) is 11.4 Å². The van der Waals surface area contributed by atoms with E-state index in [1.165, 1.54) is 68.9 Å². The minimum absolute atomic E-state index is 0.838. The molecule has 1 aromatic carbocycles. The van der Waals surface area contributed by atoms with Crippen molar-refractivity contribution in [2.75, 3.05) is 0 Å². The standard InChI is InChI=1S/C22H32N2/c1-3-5-7-8-10-12-20-17-23-22(24-18-20)21-15-13-19(14-16-21)11-9-6-4-2/h13-18H,3-12H2,1-2H3. The van der Waals surface area contributed by atoms with Gasteiger partial charge in [0.2, 0.25) is 0 Å². The van der Waals surface area contributed by atoms with E-state index in [4.69, 9.17) is 0 Å². The zero-order valence-corrected chi connectivity index (χ0v) is 15.4. The molecule has 0 fully saturated rings. The topological polar surface area (TPSA) is 25.8 Å². The maximum Gasteiger partial charge on any atom is 0.159 e. The van der Waals surface area contributed by atoms with Gasteiger partial charge in [-0.15, -0.1) is 0 Å². The van der Waals surface area contributed by atoms with Gasteiger partial charge in [-0.05, 0) is 36.8 Å². The molecule has 24 heavy (non-hydrogen) atoms. The fourth-order valence-corrected chi connectivity index (χ4v) is 2.97. The second-order valence-corrected chi connectivity index (χ2v) is 6.73. The van der Waals surface area contributed by atoms with Gasteiger partial charge in [0.15, 0.2) is 5.82 Å². The molecule has 2 rings (SSSR count). The average molecular weight is 325 g/mol. The minimum Gasteiger partial charge on any atom is -0.236 e. The van der Waals surface area contributed by atoms with Gasteiger partial charge in [-0.1, -0.05) is 76.6 Å². The van der Waals surface area contributed by atoms with E-state index in [1.807, 2.05) is 12.4 Å². The Morgan fingerprint density at radius 1 is 0.625 bits per heavy atom. The molecule has 2 heteroatoms. The Morgan fingerprint density at radius 3 is 1.83 bits per heavy atom. The Bertz CT molecular complexity index is 558. The summed E-state index contributed by atoms with van der Waals surface area (Å²) < 4.78 is 0. The predicted octanol–water partition coefficient (Wildman–Crippen LogP) is 6.39. The van der Waals surface area contributed by atoms with Crippen molar-refractivity contribution in [1.82, 2.24) is 9.97 Å². The lowest BCUT2D eigenvalue weighted by molar-refractivity contribution is 0.631. The van der Waals surface area contributed by atoms with E-state index < -0.39 is 0 Å². The van der Waals surface area contributed by atoms with Crippen molar-refractivity contribution in [1.29, 1.82) is 0 Å². The molecule has 1 aromatic heterocycles. The fraction of sp³-hybridized carbons (Fsp3) is 0.545. The van der Waals surface area contributed by atoms with Crippen LogP contribution in [-0.4, -0.2) is 9.97 Å². The summed E-state index contributed by atoms with van der Waals surface area (Å²) in [6, 6.07) is 8.74. The van der Waals surface area contributed by atoms with Gasteiger partial charge < -0.3 is 0 Å². The summed E-state index contributed by atoms with van der Waals surface area (Å²) in [6.45, 7) is 4.50. The fourth-order valence-electron chi connectivity index (χ4n) is 2.97. The first-order valence-corrected chi connectivity index (χ1v) is 9.73. The highest BCUT2D eigenvalue weighted by molar-refractivity contribution is 5.55. The van der Waals surface area contributed by atoms with Crippen LogP contribution in [0.3, 0.4) is 0 Å². The molecule has 0 aliphatic rings. The van der Waals surface area contributed by atoms with Crippen LogP contribution in [0.15, 0.2) is 36.7 Å². The smallest absolute Gasteiger partial charge is 0.159 e. The molecule has 0 aliphatic heterocycles. The van der Waals surface area contributed by atoms with Crippen molar-refractivity contribution in [3.63, 3.8) is 0 Å². The molecule has 1 heterocycles. The van der Waals surface area contributed by atoms with Crippen LogP contribution in [0, 0.1) is 0 Å². The maximum absolute atomic E-state index is 4.56. The lowest BCUT2D eigenvalue weighted by atomic mass is 10.0. The zero-order chi connectivity index (χ0) is 17.0. The molecular formula is C22H32N2. The van der Waals surface area contributed by atoms with E-state index in [0.29, 0.717) is 0 Å². The summed E-state index contributed by atoms with van der Waals surface area (Å²) >= 11 is 0. The van der Waals surface area contributed by atoms with E-state index in [-0.39, 0.29) is 0 Å². The van der Waals surface area contributed by atoms with Crippen LogP contribution < -0.4 is 0 Å². The summed E-state index contributed by atoms with van der Waals surface area (Å²) in [5.41, 5.74) is 3.78. The van der Waals surface area contributed by atoms with Gasteiger partial charge in [0, 0.05) is 18.0 Å². The Balaban J connectivity index is 1.83. The highest BCUT2D eigenvalue weighted by atomic mass is 14.9. The molecule has 0 amide bonds. The lowest BCUT2D eigenvalue weighted by Crippen LogP contribution is -1.94. The molecule has 2 nitrogen and oxygen atoms in total. The maximum atomic E-state index is 4.56. The SMILES string of the molecule is CCCCCCCc1cnc(-c2ccc(CCCCC)cc2)nc1. The van der Waals surface area contributed by atoms with Crippen molar-refractivity contribution in [2.24, 2.45) is 0 Å². The Hall–Kier alpha value is -1.70. The van der Waals surface area contributed by atoms with Gasteiger partial charge in [-0.25, -0.2) is 9.97 Å². The third-order valence-electron chi connectivity index (χ3n) is 4.56. The minimum atomic E-state index is 0.838. The number of unbranched alkanes of at least 4 members (excludes halogenated alkanes) is 6. The normalized spacial score (nSPS) is 10.9. The van der Waals surface area contributed by atoms with Gasteiger partial charge in [-0.2, -0.15) is 0 Å². The molecular weight excluding hydrogens is 292 g/mol. The second-order valence-electron chi connectivity index (χ2n) is 6.73. The molecule has 0 atom stereocenters. The van der Waals surface area contributed by atoms with Crippen LogP contribution in [0.1, 0.15) is 76.3 Å². The van der Waals surface area contributed by atoms with E-state index in [0.717, 1.165) is 17.8 Å². The van der Waals surface area contributed by atoms with E-state index in [1.54, 1.807) is 0 Å². The second kappa shape index (κ2) is 11.0. The third kappa shape index (κ3) is 6.43. The number of aryl methyl sites for hydroxylation is 2. The Morgan fingerprint density at radius 2 is 1.17 bits per heavy atom. The summed E-state index contributed by atoms with van der Waals surface area (Å²) in [5, 5.41) is 0. The lowest BCUT2D eigenvalue weighted by Gasteiger charge is -2.05. The first kappa shape index (κ1) is 18.6. The number of hydrogen-bond donors (Lipinski definition) is 0. The van der Waals surface area contributed by atoms with Gasteiger partial charge in [-0.3, -0.25) is 0 Å². The highest BCUT2D eigenvalue weighted by Crippen LogP contribution is 2.17. The molecule has 0 N–H and O–H groups in total. The van der Waals surface area contributed by atoms with Gasteiger partial charge in [0.25, 0.3) is 0 Å². The number of nitrogens with zero attached hydrogens (tertiary/aromatic N) is 2. The van der Waals surface area contributed by atoms with E-state index >= 15 is 0 Å². The number of hydrogen-bond acceptors (Lipinski definition) is 2. The molecule has 0 aliphatic carbocycles. The van der Waals surface area contributed by atoms with Crippen LogP contribution in [0.4, 0.5) is 0 Å². The summed E-state index contributed by atoms with van der Waals surface area (Å²) in [7, 11) is 0. The first-order valence-electron chi connectivity index (χ1n) is 9.73. The molecule has 0 unspecified atom stereocenters. The molecule has 0 saturated carbocycles. The molecule has 130 valence electrons. The summed E-state index contributed by atoms with van der Waals surface area (Å²) in [4.78, 5) is 9.12. The Labute approximate surface area is 147 Å². The van der Waals surface area contributed by atoms with Crippen molar-refractivity contribution in [3.05, 3.63) is 47.8 Å². The third-order valence-corrected chi connectivity index (χ3v) is 4.56. The number of rotatable bonds is 11. The van der Waals surface area contributed by atoms with Crippen LogP contribution in [0.5, 0.6) is 0 Å². The number of aromatic nitrogens is 2. The molecule has 0 bridgehead atoms. The highest BCUT2D eigenvalue weighted by Gasteiger charge is 2.02. The van der Waals surface area contributed by atoms with E-state index in [2.05, 4.69) is 48.1 Å². The van der Waals surface area contributed by atoms with Crippen LogP contribution >= 0.6 is 0 Å². The van der Waals surface area contributed by atoms with Crippen molar-refractivity contribution >= 4 is 0 Å². The monoisotopic (exact) mass is 324 g/mol. The zero-order valence-electron chi connectivity index (χ0n) is 15.4. The average Bonchev–Trinajstić information content (AvgIpc) is 2.63. The predicted molar refractivity (Wildman–Crippen MR) is 103 cm³/mol. The van der Waals surface area contributed by atoms with Crippen LogP contribution in [-0.2, 0) is 12.8 Å². The van der Waals surface area contributed by atoms with E-state index in [9.17, 15) is 0 Å².